The van der Waals surface area contributed by atoms with Crippen LogP contribution in [-0.2, 0) is 5.41 Å². The van der Waals surface area contributed by atoms with Gasteiger partial charge in [0, 0.05) is 13.1 Å². The molecule has 1 aromatic carbocycles. The minimum absolute atomic E-state index is 0.0301. The molecule has 1 fully saturated rings. The lowest BCUT2D eigenvalue weighted by molar-refractivity contribution is -0.139. The summed E-state index contributed by atoms with van der Waals surface area (Å²) in [6.07, 6.45) is -3.10. The maximum atomic E-state index is 12.3. The van der Waals surface area contributed by atoms with Crippen LogP contribution in [0.3, 0.4) is 0 Å². The van der Waals surface area contributed by atoms with E-state index in [1.165, 1.54) is 5.56 Å². The second kappa shape index (κ2) is 7.12. The second-order valence-electron chi connectivity index (χ2n) is 7.32. The Balaban J connectivity index is 1.87. The molecule has 1 heterocycles. The third-order valence-electron chi connectivity index (χ3n) is 4.20. The van der Waals surface area contributed by atoms with Gasteiger partial charge in [-0.05, 0) is 42.5 Å². The van der Waals surface area contributed by atoms with Gasteiger partial charge in [-0.15, -0.1) is 0 Å². The number of likely N-dealkylation sites (tertiary alicyclic amines) is 1. The SMILES string of the molecule is CC(C)(C)c1ccc(OC2CCCN(CCC(F)(F)F)C2)cc1. The standard InChI is InChI=1S/C18H26F3NO/c1-17(2,3)14-6-8-15(9-7-14)23-16-5-4-11-22(13-16)12-10-18(19,20)21/h6-9,16H,4-5,10-13H2,1-3H3. The minimum atomic E-state index is -4.09. The van der Waals surface area contributed by atoms with E-state index in [0.29, 0.717) is 6.54 Å². The molecule has 1 aliphatic rings. The highest BCUT2D eigenvalue weighted by Gasteiger charge is 2.29. The van der Waals surface area contributed by atoms with Gasteiger partial charge in [0.25, 0.3) is 0 Å². The number of nitrogens with zero attached hydrogens (tertiary/aromatic N) is 1. The zero-order valence-electron chi connectivity index (χ0n) is 14.1. The Bertz CT molecular complexity index is 490. The zero-order valence-corrected chi connectivity index (χ0v) is 14.1. The predicted molar refractivity (Wildman–Crippen MR) is 85.9 cm³/mol. The third kappa shape index (κ3) is 6.05. The maximum Gasteiger partial charge on any atom is 0.390 e. The van der Waals surface area contributed by atoms with Crippen molar-refractivity contribution in [3.05, 3.63) is 29.8 Å². The first kappa shape index (κ1) is 18.1. The van der Waals surface area contributed by atoms with E-state index < -0.39 is 12.6 Å². The van der Waals surface area contributed by atoms with Crippen molar-refractivity contribution < 1.29 is 17.9 Å². The van der Waals surface area contributed by atoms with Gasteiger partial charge in [-0.1, -0.05) is 32.9 Å². The first-order chi connectivity index (χ1) is 10.6. The smallest absolute Gasteiger partial charge is 0.390 e. The van der Waals surface area contributed by atoms with Crippen LogP contribution in [0.5, 0.6) is 5.75 Å². The molecule has 130 valence electrons. The van der Waals surface area contributed by atoms with Crippen LogP contribution in [0.4, 0.5) is 13.2 Å². The molecule has 0 aliphatic carbocycles. The highest BCUT2D eigenvalue weighted by molar-refractivity contribution is 5.31. The van der Waals surface area contributed by atoms with Gasteiger partial charge in [0.15, 0.2) is 0 Å². The van der Waals surface area contributed by atoms with Gasteiger partial charge in [-0.2, -0.15) is 13.2 Å². The van der Waals surface area contributed by atoms with Gasteiger partial charge < -0.3 is 4.74 Å². The van der Waals surface area contributed by atoms with E-state index in [9.17, 15) is 13.2 Å². The summed E-state index contributed by atoms with van der Waals surface area (Å²) in [6, 6.07) is 8.02. The molecule has 0 amide bonds. The van der Waals surface area contributed by atoms with E-state index in [0.717, 1.165) is 25.1 Å². The number of alkyl halides is 3. The average molecular weight is 329 g/mol. The molecule has 23 heavy (non-hydrogen) atoms. The molecule has 0 N–H and O–H groups in total. The summed E-state index contributed by atoms with van der Waals surface area (Å²) in [5, 5.41) is 0. The van der Waals surface area contributed by atoms with Gasteiger partial charge in [0.05, 0.1) is 6.42 Å². The first-order valence-corrected chi connectivity index (χ1v) is 8.20. The second-order valence-corrected chi connectivity index (χ2v) is 7.32. The van der Waals surface area contributed by atoms with Crippen molar-refractivity contribution >= 4 is 0 Å². The van der Waals surface area contributed by atoms with Crippen molar-refractivity contribution in [2.75, 3.05) is 19.6 Å². The van der Waals surface area contributed by atoms with E-state index in [-0.39, 0.29) is 18.1 Å². The van der Waals surface area contributed by atoms with Crippen molar-refractivity contribution in [1.29, 1.82) is 0 Å². The van der Waals surface area contributed by atoms with Crippen LogP contribution in [0, 0.1) is 0 Å². The molecular formula is C18H26F3NO. The molecule has 1 saturated heterocycles. The number of hydrogen-bond acceptors (Lipinski definition) is 2. The van der Waals surface area contributed by atoms with Gasteiger partial charge in [-0.3, -0.25) is 4.90 Å². The Morgan fingerprint density at radius 1 is 1.13 bits per heavy atom. The number of piperidine rings is 1. The Kier molecular flexibility index (Phi) is 5.61. The van der Waals surface area contributed by atoms with Crippen LogP contribution in [0.1, 0.15) is 45.6 Å². The molecule has 1 aliphatic heterocycles. The summed E-state index contributed by atoms with van der Waals surface area (Å²) in [5.74, 6) is 0.792. The van der Waals surface area contributed by atoms with E-state index in [1.807, 2.05) is 17.0 Å². The number of rotatable bonds is 4. The predicted octanol–water partition coefficient (Wildman–Crippen LogP) is 4.78. The van der Waals surface area contributed by atoms with Crippen LogP contribution in [-0.4, -0.2) is 36.8 Å². The number of halogens is 3. The zero-order chi connectivity index (χ0) is 17.1. The number of hydrogen-bond donors (Lipinski definition) is 0. The summed E-state index contributed by atoms with van der Waals surface area (Å²) in [4.78, 5) is 1.85. The molecule has 0 bridgehead atoms. The molecule has 0 saturated carbocycles. The van der Waals surface area contributed by atoms with Gasteiger partial charge in [0.2, 0.25) is 0 Å². The lowest BCUT2D eigenvalue weighted by atomic mass is 9.87. The van der Waals surface area contributed by atoms with E-state index >= 15 is 0 Å². The number of ether oxygens (including phenoxy) is 1. The van der Waals surface area contributed by atoms with Crippen molar-refractivity contribution in [1.82, 2.24) is 4.90 Å². The van der Waals surface area contributed by atoms with Gasteiger partial charge in [-0.25, -0.2) is 0 Å². The maximum absolute atomic E-state index is 12.3. The lowest BCUT2D eigenvalue weighted by Crippen LogP contribution is -2.42. The first-order valence-electron chi connectivity index (χ1n) is 8.20. The fourth-order valence-corrected chi connectivity index (χ4v) is 2.82. The van der Waals surface area contributed by atoms with Crippen LogP contribution in [0.25, 0.3) is 0 Å². The largest absolute Gasteiger partial charge is 0.489 e. The summed E-state index contributed by atoms with van der Waals surface area (Å²) in [7, 11) is 0. The van der Waals surface area contributed by atoms with E-state index in [1.54, 1.807) is 0 Å². The fourth-order valence-electron chi connectivity index (χ4n) is 2.82. The molecule has 0 aromatic heterocycles. The Labute approximate surface area is 136 Å². The van der Waals surface area contributed by atoms with Gasteiger partial charge >= 0.3 is 6.18 Å². The average Bonchev–Trinajstić information content (AvgIpc) is 2.44. The third-order valence-corrected chi connectivity index (χ3v) is 4.20. The van der Waals surface area contributed by atoms with Crippen molar-refractivity contribution in [2.45, 2.75) is 57.7 Å². The van der Waals surface area contributed by atoms with Crippen LogP contribution >= 0.6 is 0 Å². The van der Waals surface area contributed by atoms with E-state index in [2.05, 4.69) is 32.9 Å². The van der Waals surface area contributed by atoms with Crippen molar-refractivity contribution in [3.63, 3.8) is 0 Å². The molecule has 2 rings (SSSR count). The molecule has 1 atom stereocenters. The monoisotopic (exact) mass is 329 g/mol. The molecule has 1 unspecified atom stereocenters. The topological polar surface area (TPSA) is 12.5 Å². The van der Waals surface area contributed by atoms with Gasteiger partial charge in [0.1, 0.15) is 11.9 Å². The molecule has 0 spiro atoms. The van der Waals surface area contributed by atoms with Crippen LogP contribution in [0.2, 0.25) is 0 Å². The molecule has 5 heteroatoms. The van der Waals surface area contributed by atoms with E-state index in [4.69, 9.17) is 4.74 Å². The van der Waals surface area contributed by atoms with Crippen LogP contribution < -0.4 is 4.74 Å². The lowest BCUT2D eigenvalue weighted by Gasteiger charge is -2.33. The van der Waals surface area contributed by atoms with Crippen molar-refractivity contribution in [2.24, 2.45) is 0 Å². The Morgan fingerprint density at radius 2 is 1.78 bits per heavy atom. The molecule has 2 nitrogen and oxygen atoms in total. The van der Waals surface area contributed by atoms with Crippen molar-refractivity contribution in [3.8, 4) is 5.75 Å². The molecule has 0 radical (unpaired) electrons. The summed E-state index contributed by atoms with van der Waals surface area (Å²) >= 11 is 0. The summed E-state index contributed by atoms with van der Waals surface area (Å²) in [5.41, 5.74) is 1.33. The Hall–Kier alpha value is -1.23. The quantitative estimate of drug-likeness (QED) is 0.788. The highest BCUT2D eigenvalue weighted by Crippen LogP contribution is 2.26. The van der Waals surface area contributed by atoms with Crippen LogP contribution in [0.15, 0.2) is 24.3 Å². The minimum Gasteiger partial charge on any atom is -0.489 e. The normalized spacial score (nSPS) is 20.5. The molecule has 1 aromatic rings. The summed E-state index contributed by atoms with van der Waals surface area (Å²) < 4.78 is 43.0. The molecular weight excluding hydrogens is 303 g/mol. The summed E-state index contributed by atoms with van der Waals surface area (Å²) in [6.45, 7) is 7.82. The fraction of sp³-hybridized carbons (Fsp3) is 0.667. The Morgan fingerprint density at radius 3 is 2.35 bits per heavy atom. The highest BCUT2D eigenvalue weighted by atomic mass is 19.4. The number of benzene rings is 1.